The zero-order valence-electron chi connectivity index (χ0n) is 11.0. The molecule has 1 unspecified atom stereocenters. The Hall–Kier alpha value is -0.320. The van der Waals surface area contributed by atoms with Crippen molar-refractivity contribution in [3.8, 4) is 0 Å². The normalized spacial score (nSPS) is 20.5. The summed E-state index contributed by atoms with van der Waals surface area (Å²) in [6.07, 6.45) is 3.59. The topological polar surface area (TPSA) is 44.4 Å². The summed E-state index contributed by atoms with van der Waals surface area (Å²) >= 11 is 0. The fourth-order valence-corrected chi connectivity index (χ4v) is 2.30. The number of nitrogens with zero attached hydrogens (tertiary/aromatic N) is 1. The third-order valence-corrected chi connectivity index (χ3v) is 3.19. The van der Waals surface area contributed by atoms with E-state index in [9.17, 15) is 4.79 Å². The quantitative estimate of drug-likeness (QED) is 0.778. The maximum atomic E-state index is 11.6. The van der Waals surface area contributed by atoms with Gasteiger partial charge < -0.3 is 10.6 Å². The number of hydrogen-bond acceptors (Lipinski definition) is 3. The molecule has 0 radical (unpaired) electrons. The number of hydrogen-bond donors (Lipinski definition) is 2. The van der Waals surface area contributed by atoms with Crippen LogP contribution in [0.3, 0.4) is 0 Å². The maximum absolute atomic E-state index is 11.6. The average molecular weight is 264 g/mol. The van der Waals surface area contributed by atoms with Gasteiger partial charge in [0, 0.05) is 12.6 Å². The number of amides is 1. The van der Waals surface area contributed by atoms with E-state index in [0.717, 1.165) is 32.6 Å². The second-order valence-corrected chi connectivity index (χ2v) is 4.35. The van der Waals surface area contributed by atoms with E-state index in [0.29, 0.717) is 12.6 Å². The van der Waals surface area contributed by atoms with E-state index in [1.165, 1.54) is 12.8 Å². The Morgan fingerprint density at radius 2 is 2.12 bits per heavy atom. The van der Waals surface area contributed by atoms with Gasteiger partial charge in [-0.2, -0.15) is 0 Å². The summed E-state index contributed by atoms with van der Waals surface area (Å²) in [4.78, 5) is 13.9. The molecule has 1 rings (SSSR count). The van der Waals surface area contributed by atoms with Crippen LogP contribution in [0.1, 0.15) is 33.1 Å². The molecule has 0 spiro atoms. The summed E-state index contributed by atoms with van der Waals surface area (Å²) in [6.45, 7) is 8.53. The van der Waals surface area contributed by atoms with Crippen LogP contribution in [-0.2, 0) is 4.79 Å². The predicted octanol–water partition coefficient (Wildman–Crippen LogP) is 1.01. The van der Waals surface area contributed by atoms with E-state index in [4.69, 9.17) is 0 Å². The molecule has 0 saturated carbocycles. The van der Waals surface area contributed by atoms with Gasteiger partial charge in [-0.05, 0) is 45.8 Å². The number of halogens is 1. The average Bonchev–Trinajstić information content (AvgIpc) is 2.55. The largest absolute Gasteiger partial charge is 0.355 e. The summed E-state index contributed by atoms with van der Waals surface area (Å²) in [5.41, 5.74) is 0. The Bertz CT molecular complexity index is 206. The molecule has 0 aromatic rings. The van der Waals surface area contributed by atoms with Crippen LogP contribution in [-0.4, -0.2) is 49.6 Å². The molecule has 1 aliphatic heterocycles. The number of carbonyl (C=O) groups excluding carboxylic acids is 1. The predicted molar refractivity (Wildman–Crippen MR) is 73.7 cm³/mol. The molecule has 1 saturated heterocycles. The van der Waals surface area contributed by atoms with Crippen LogP contribution in [0.5, 0.6) is 0 Å². The first-order valence-electron chi connectivity index (χ1n) is 6.49. The zero-order valence-corrected chi connectivity index (χ0v) is 11.8. The van der Waals surface area contributed by atoms with Crippen LogP contribution in [0, 0.1) is 0 Å². The molecule has 5 heteroatoms. The van der Waals surface area contributed by atoms with Gasteiger partial charge in [0.05, 0.1) is 6.54 Å². The second kappa shape index (κ2) is 9.68. The molecule has 0 aromatic carbocycles. The minimum absolute atomic E-state index is 0. The molecule has 1 fully saturated rings. The first-order chi connectivity index (χ1) is 7.77. The molecule has 2 N–H and O–H groups in total. The van der Waals surface area contributed by atoms with Crippen LogP contribution in [0.15, 0.2) is 0 Å². The van der Waals surface area contributed by atoms with Crippen LogP contribution in [0.2, 0.25) is 0 Å². The Kier molecular flexibility index (Phi) is 9.50. The van der Waals surface area contributed by atoms with Gasteiger partial charge in [-0.3, -0.25) is 9.69 Å². The zero-order chi connectivity index (χ0) is 11.8. The number of rotatable bonds is 5. The molecule has 17 heavy (non-hydrogen) atoms. The van der Waals surface area contributed by atoms with E-state index in [2.05, 4.69) is 22.5 Å². The summed E-state index contributed by atoms with van der Waals surface area (Å²) in [5.74, 6) is 0.154. The molecule has 1 atom stereocenters. The lowest BCUT2D eigenvalue weighted by Gasteiger charge is -2.29. The third kappa shape index (κ3) is 6.24. The lowest BCUT2D eigenvalue weighted by Crippen LogP contribution is -2.43. The molecule has 4 nitrogen and oxygen atoms in total. The third-order valence-electron chi connectivity index (χ3n) is 3.19. The first-order valence-corrected chi connectivity index (χ1v) is 6.49. The van der Waals surface area contributed by atoms with Gasteiger partial charge >= 0.3 is 0 Å². The van der Waals surface area contributed by atoms with Crippen molar-refractivity contribution in [2.24, 2.45) is 0 Å². The van der Waals surface area contributed by atoms with E-state index in [-0.39, 0.29) is 18.3 Å². The van der Waals surface area contributed by atoms with Crippen molar-refractivity contribution < 1.29 is 4.79 Å². The van der Waals surface area contributed by atoms with E-state index >= 15 is 0 Å². The standard InChI is InChI=1S/C12H25N3O.ClH/c1-3-14-12(16)10-15(4-2)11-6-5-8-13-9-7-11;/h11,13H,3-10H2,1-2H3,(H,14,16);1H. The second-order valence-electron chi connectivity index (χ2n) is 4.35. The number of carbonyl (C=O) groups is 1. The maximum Gasteiger partial charge on any atom is 0.234 e. The molecule has 0 bridgehead atoms. The lowest BCUT2D eigenvalue weighted by molar-refractivity contribution is -0.122. The molecule has 1 aliphatic rings. The molecule has 1 heterocycles. The van der Waals surface area contributed by atoms with E-state index < -0.39 is 0 Å². The van der Waals surface area contributed by atoms with Crippen molar-refractivity contribution in [2.45, 2.75) is 39.2 Å². The Morgan fingerprint density at radius 3 is 2.76 bits per heavy atom. The Balaban J connectivity index is 0.00000256. The summed E-state index contributed by atoms with van der Waals surface area (Å²) < 4.78 is 0. The SMILES string of the molecule is CCNC(=O)CN(CC)C1CCCNCC1.Cl. The van der Waals surface area contributed by atoms with Crippen molar-refractivity contribution >= 4 is 18.3 Å². The highest BCUT2D eigenvalue weighted by Gasteiger charge is 2.20. The van der Waals surface area contributed by atoms with E-state index in [1.54, 1.807) is 0 Å². The lowest BCUT2D eigenvalue weighted by atomic mass is 10.1. The molecular formula is C12H26ClN3O. The van der Waals surface area contributed by atoms with Gasteiger partial charge in [-0.25, -0.2) is 0 Å². The highest BCUT2D eigenvalue weighted by molar-refractivity contribution is 5.85. The molecular weight excluding hydrogens is 238 g/mol. The van der Waals surface area contributed by atoms with Crippen molar-refractivity contribution in [1.29, 1.82) is 0 Å². The summed E-state index contributed by atoms with van der Waals surface area (Å²) in [5, 5.41) is 6.28. The Labute approximate surface area is 111 Å². The monoisotopic (exact) mass is 263 g/mol. The molecule has 0 aliphatic carbocycles. The minimum Gasteiger partial charge on any atom is -0.355 e. The highest BCUT2D eigenvalue weighted by atomic mass is 35.5. The fraction of sp³-hybridized carbons (Fsp3) is 0.917. The molecule has 1 amide bonds. The highest BCUT2D eigenvalue weighted by Crippen LogP contribution is 2.12. The van der Waals surface area contributed by atoms with Crippen molar-refractivity contribution in [3.05, 3.63) is 0 Å². The van der Waals surface area contributed by atoms with Crippen LogP contribution >= 0.6 is 12.4 Å². The van der Waals surface area contributed by atoms with Gasteiger partial charge in [-0.1, -0.05) is 6.92 Å². The van der Waals surface area contributed by atoms with Gasteiger partial charge in [0.25, 0.3) is 0 Å². The van der Waals surface area contributed by atoms with Gasteiger partial charge in [0.1, 0.15) is 0 Å². The van der Waals surface area contributed by atoms with Gasteiger partial charge in [0.15, 0.2) is 0 Å². The summed E-state index contributed by atoms with van der Waals surface area (Å²) in [6, 6.07) is 0.572. The van der Waals surface area contributed by atoms with Gasteiger partial charge in [-0.15, -0.1) is 12.4 Å². The number of likely N-dealkylation sites (N-methyl/N-ethyl adjacent to an activating group) is 2. The van der Waals surface area contributed by atoms with Crippen LogP contribution < -0.4 is 10.6 Å². The van der Waals surface area contributed by atoms with Crippen molar-refractivity contribution in [1.82, 2.24) is 15.5 Å². The molecule has 102 valence electrons. The minimum atomic E-state index is 0. The van der Waals surface area contributed by atoms with E-state index in [1.807, 2.05) is 6.92 Å². The smallest absolute Gasteiger partial charge is 0.234 e. The van der Waals surface area contributed by atoms with Crippen LogP contribution in [0.4, 0.5) is 0 Å². The van der Waals surface area contributed by atoms with Crippen molar-refractivity contribution in [2.75, 3.05) is 32.7 Å². The van der Waals surface area contributed by atoms with Gasteiger partial charge in [0.2, 0.25) is 5.91 Å². The summed E-state index contributed by atoms with van der Waals surface area (Å²) in [7, 11) is 0. The Morgan fingerprint density at radius 1 is 1.35 bits per heavy atom. The number of nitrogens with one attached hydrogen (secondary N) is 2. The molecule has 0 aromatic heterocycles. The van der Waals surface area contributed by atoms with Crippen LogP contribution in [0.25, 0.3) is 0 Å². The fourth-order valence-electron chi connectivity index (χ4n) is 2.30. The first kappa shape index (κ1) is 16.7. The van der Waals surface area contributed by atoms with Crippen molar-refractivity contribution in [3.63, 3.8) is 0 Å².